The van der Waals surface area contributed by atoms with Gasteiger partial charge in [0, 0.05) is 10.5 Å². The molecular formula is C15H13BrN2OS. The quantitative estimate of drug-likeness (QED) is 0.659. The highest BCUT2D eigenvalue weighted by Crippen LogP contribution is 2.35. The Hall–Kier alpha value is -1.59. The van der Waals surface area contributed by atoms with Gasteiger partial charge in [0.25, 0.3) is 0 Å². The molecule has 0 spiro atoms. The van der Waals surface area contributed by atoms with Gasteiger partial charge in [-0.25, -0.2) is 4.98 Å². The molecule has 0 radical (unpaired) electrons. The largest absolute Gasteiger partial charge is 0.455 e. The summed E-state index contributed by atoms with van der Waals surface area (Å²) in [6.45, 7) is 3.99. The Labute approximate surface area is 129 Å². The number of hydrogen-bond donors (Lipinski definition) is 1. The highest BCUT2D eigenvalue weighted by Gasteiger charge is 2.09. The summed E-state index contributed by atoms with van der Waals surface area (Å²) in [4.78, 5) is 4.47. The van der Waals surface area contributed by atoms with Crippen molar-refractivity contribution >= 4 is 43.2 Å². The lowest BCUT2D eigenvalue weighted by Gasteiger charge is -2.11. The molecule has 0 unspecified atom stereocenters. The Bertz CT molecular complexity index is 798. The van der Waals surface area contributed by atoms with Crippen molar-refractivity contribution in [1.82, 2.24) is 4.98 Å². The van der Waals surface area contributed by atoms with Crippen LogP contribution >= 0.6 is 27.3 Å². The van der Waals surface area contributed by atoms with Crippen LogP contribution in [0.4, 0.5) is 5.69 Å². The van der Waals surface area contributed by atoms with E-state index in [4.69, 9.17) is 10.5 Å². The number of hydrogen-bond acceptors (Lipinski definition) is 4. The fourth-order valence-electron chi connectivity index (χ4n) is 1.98. The van der Waals surface area contributed by atoms with Gasteiger partial charge in [-0.2, -0.15) is 0 Å². The van der Waals surface area contributed by atoms with Crippen molar-refractivity contribution in [3.05, 3.63) is 45.4 Å². The molecule has 0 aliphatic rings. The van der Waals surface area contributed by atoms with Gasteiger partial charge >= 0.3 is 0 Å². The Morgan fingerprint density at radius 3 is 2.75 bits per heavy atom. The van der Waals surface area contributed by atoms with Crippen LogP contribution in [0.15, 0.2) is 34.8 Å². The van der Waals surface area contributed by atoms with Gasteiger partial charge in [-0.3, -0.25) is 0 Å². The Morgan fingerprint density at radius 2 is 1.95 bits per heavy atom. The van der Waals surface area contributed by atoms with Crippen LogP contribution in [0.2, 0.25) is 0 Å². The number of aryl methyl sites for hydroxylation is 2. The van der Waals surface area contributed by atoms with E-state index in [1.165, 1.54) is 0 Å². The summed E-state index contributed by atoms with van der Waals surface area (Å²) in [6, 6.07) is 9.74. The SMILES string of the molecule is Cc1nc2cc(Oc3cc(Br)ccc3C)c(N)cc2s1. The molecule has 0 fully saturated rings. The maximum Gasteiger partial charge on any atom is 0.152 e. The van der Waals surface area contributed by atoms with Gasteiger partial charge in [-0.1, -0.05) is 22.0 Å². The van der Waals surface area contributed by atoms with Gasteiger partial charge in [-0.15, -0.1) is 11.3 Å². The minimum absolute atomic E-state index is 0.625. The number of aromatic nitrogens is 1. The maximum atomic E-state index is 6.07. The van der Waals surface area contributed by atoms with Crippen LogP contribution in [0.5, 0.6) is 11.5 Å². The number of nitrogen functional groups attached to an aromatic ring is 1. The highest BCUT2D eigenvalue weighted by molar-refractivity contribution is 9.10. The molecule has 102 valence electrons. The predicted octanol–water partition coefficient (Wildman–Crippen LogP) is 5.05. The molecule has 0 aliphatic heterocycles. The van der Waals surface area contributed by atoms with Crippen LogP contribution in [-0.4, -0.2) is 4.98 Å². The van der Waals surface area contributed by atoms with E-state index in [2.05, 4.69) is 20.9 Å². The van der Waals surface area contributed by atoms with Crippen molar-refractivity contribution in [2.24, 2.45) is 0 Å². The van der Waals surface area contributed by atoms with E-state index in [9.17, 15) is 0 Å². The molecule has 5 heteroatoms. The minimum atomic E-state index is 0.625. The zero-order chi connectivity index (χ0) is 14.3. The van der Waals surface area contributed by atoms with Gasteiger partial charge < -0.3 is 10.5 Å². The summed E-state index contributed by atoms with van der Waals surface area (Å²) in [5, 5.41) is 1.02. The zero-order valence-electron chi connectivity index (χ0n) is 11.1. The monoisotopic (exact) mass is 348 g/mol. The number of nitrogens with two attached hydrogens (primary N) is 1. The van der Waals surface area contributed by atoms with Crippen molar-refractivity contribution in [2.45, 2.75) is 13.8 Å². The van der Waals surface area contributed by atoms with E-state index < -0.39 is 0 Å². The molecule has 1 heterocycles. The van der Waals surface area contributed by atoms with Gasteiger partial charge in [0.15, 0.2) is 5.75 Å². The van der Waals surface area contributed by atoms with E-state index >= 15 is 0 Å². The van der Waals surface area contributed by atoms with E-state index in [-0.39, 0.29) is 0 Å². The lowest BCUT2D eigenvalue weighted by atomic mass is 10.2. The molecule has 20 heavy (non-hydrogen) atoms. The molecule has 3 nitrogen and oxygen atoms in total. The number of rotatable bonds is 2. The van der Waals surface area contributed by atoms with Crippen molar-refractivity contribution in [2.75, 3.05) is 5.73 Å². The van der Waals surface area contributed by atoms with Crippen molar-refractivity contribution in [3.8, 4) is 11.5 Å². The van der Waals surface area contributed by atoms with E-state index in [1.54, 1.807) is 11.3 Å². The summed E-state index contributed by atoms with van der Waals surface area (Å²) in [5.41, 5.74) is 8.68. The molecule has 3 rings (SSSR count). The van der Waals surface area contributed by atoms with Crippen LogP contribution in [0, 0.1) is 13.8 Å². The summed E-state index contributed by atoms with van der Waals surface area (Å²) in [7, 11) is 0. The first-order valence-electron chi connectivity index (χ1n) is 6.13. The highest BCUT2D eigenvalue weighted by atomic mass is 79.9. The van der Waals surface area contributed by atoms with Crippen molar-refractivity contribution in [1.29, 1.82) is 0 Å². The molecule has 0 saturated heterocycles. The second kappa shape index (κ2) is 5.07. The van der Waals surface area contributed by atoms with Gasteiger partial charge in [0.2, 0.25) is 0 Å². The molecule has 2 N–H and O–H groups in total. The first-order valence-corrected chi connectivity index (χ1v) is 7.74. The Balaban J connectivity index is 2.05. The molecule has 2 aromatic carbocycles. The molecule has 0 saturated carbocycles. The summed E-state index contributed by atoms with van der Waals surface area (Å²) in [6.07, 6.45) is 0. The molecule has 1 aromatic heterocycles. The fraction of sp³-hybridized carbons (Fsp3) is 0.133. The smallest absolute Gasteiger partial charge is 0.152 e. The molecule has 0 amide bonds. The van der Waals surface area contributed by atoms with Crippen molar-refractivity contribution < 1.29 is 4.74 Å². The van der Waals surface area contributed by atoms with Gasteiger partial charge in [-0.05, 0) is 37.6 Å². The maximum absolute atomic E-state index is 6.07. The van der Waals surface area contributed by atoms with Gasteiger partial charge in [0.1, 0.15) is 5.75 Å². The zero-order valence-corrected chi connectivity index (χ0v) is 13.5. The van der Waals surface area contributed by atoms with Crippen LogP contribution < -0.4 is 10.5 Å². The number of benzene rings is 2. The number of ether oxygens (including phenoxy) is 1. The average molecular weight is 349 g/mol. The third kappa shape index (κ3) is 2.51. The first kappa shape index (κ1) is 13.4. The molecule has 3 aromatic rings. The molecular weight excluding hydrogens is 336 g/mol. The second-order valence-corrected chi connectivity index (χ2v) is 6.75. The molecule has 0 atom stereocenters. The van der Waals surface area contributed by atoms with E-state index in [1.807, 2.05) is 44.2 Å². The Kier molecular flexibility index (Phi) is 3.40. The Morgan fingerprint density at radius 1 is 1.15 bits per heavy atom. The summed E-state index contributed by atoms with van der Waals surface area (Å²) < 4.78 is 8.00. The fourth-order valence-corrected chi connectivity index (χ4v) is 3.17. The first-order chi connectivity index (χ1) is 9.52. The minimum Gasteiger partial charge on any atom is -0.455 e. The van der Waals surface area contributed by atoms with Gasteiger partial charge in [0.05, 0.1) is 20.9 Å². The van der Waals surface area contributed by atoms with Crippen LogP contribution in [-0.2, 0) is 0 Å². The third-order valence-corrected chi connectivity index (χ3v) is 4.42. The topological polar surface area (TPSA) is 48.1 Å². The van der Waals surface area contributed by atoms with Crippen LogP contribution in [0.25, 0.3) is 10.2 Å². The van der Waals surface area contributed by atoms with Crippen molar-refractivity contribution in [3.63, 3.8) is 0 Å². The van der Waals surface area contributed by atoms with Crippen LogP contribution in [0.3, 0.4) is 0 Å². The second-order valence-electron chi connectivity index (χ2n) is 4.60. The lowest BCUT2D eigenvalue weighted by molar-refractivity contribution is 0.481. The summed E-state index contributed by atoms with van der Waals surface area (Å²) in [5.74, 6) is 1.43. The average Bonchev–Trinajstić information content (AvgIpc) is 2.73. The summed E-state index contributed by atoms with van der Waals surface area (Å²) >= 11 is 5.08. The number of thiazole rings is 1. The van der Waals surface area contributed by atoms with Crippen LogP contribution in [0.1, 0.15) is 10.6 Å². The number of fused-ring (bicyclic) bond motifs is 1. The lowest BCUT2D eigenvalue weighted by Crippen LogP contribution is -1.93. The molecule has 0 aliphatic carbocycles. The number of nitrogens with zero attached hydrogens (tertiary/aromatic N) is 1. The number of halogens is 1. The number of anilines is 1. The standard InChI is InChI=1S/C15H13BrN2OS/c1-8-3-4-10(16)5-13(8)19-14-7-12-15(6-11(14)17)20-9(2)18-12/h3-7H,17H2,1-2H3. The molecule has 0 bridgehead atoms. The normalized spacial score (nSPS) is 10.9. The van der Waals surface area contributed by atoms with E-state index in [0.29, 0.717) is 11.4 Å². The predicted molar refractivity (Wildman–Crippen MR) is 87.7 cm³/mol. The van der Waals surface area contributed by atoms with E-state index in [0.717, 1.165) is 31.0 Å². The third-order valence-electron chi connectivity index (χ3n) is 3.00.